The number of rotatable bonds is 3. The highest BCUT2D eigenvalue weighted by Crippen LogP contribution is 2.16. The molecule has 2 heterocycles. The van der Waals surface area contributed by atoms with Crippen LogP contribution in [0.3, 0.4) is 0 Å². The number of aryl methyl sites for hydroxylation is 2. The van der Waals surface area contributed by atoms with Crippen molar-refractivity contribution < 1.29 is 4.74 Å². The van der Waals surface area contributed by atoms with Crippen LogP contribution in [0.5, 0.6) is 5.75 Å². The first-order valence-corrected chi connectivity index (χ1v) is 8.59. The Morgan fingerprint density at radius 1 is 1.00 bits per heavy atom. The minimum Gasteiger partial charge on any atom is -0.492 e. The second kappa shape index (κ2) is 17.0. The number of hydrogen-bond donors (Lipinski definition) is 0. The summed E-state index contributed by atoms with van der Waals surface area (Å²) < 4.78 is 5.37. The molecule has 2 rings (SSSR count). The Kier molecular flexibility index (Phi) is 16.8. The predicted octanol–water partition coefficient (Wildman–Crippen LogP) is 5.36. The highest BCUT2D eigenvalue weighted by atomic mass is 16.5. The minimum atomic E-state index is 0.650. The van der Waals surface area contributed by atoms with Crippen LogP contribution in [-0.2, 0) is 6.42 Å². The lowest BCUT2D eigenvalue weighted by Gasteiger charge is -2.06. The summed E-state index contributed by atoms with van der Waals surface area (Å²) in [4.78, 5) is 7.78. The zero-order chi connectivity index (χ0) is 18.8. The topological polar surface area (TPSA) is 58.8 Å². The monoisotopic (exact) mass is 329 g/mol. The summed E-state index contributed by atoms with van der Waals surface area (Å²) in [7, 11) is 0. The Morgan fingerprint density at radius 3 is 2.04 bits per heavy atom. The zero-order valence-corrected chi connectivity index (χ0v) is 16.1. The van der Waals surface area contributed by atoms with E-state index in [9.17, 15) is 0 Å². The van der Waals surface area contributed by atoms with E-state index in [0.29, 0.717) is 12.2 Å². The molecule has 0 unspecified atom stereocenters. The van der Waals surface area contributed by atoms with Gasteiger partial charge in [-0.2, -0.15) is 5.26 Å². The Hall–Kier alpha value is -2.41. The fraction of sp³-hybridized carbons (Fsp3) is 0.450. The van der Waals surface area contributed by atoms with Crippen molar-refractivity contribution >= 4 is 0 Å². The van der Waals surface area contributed by atoms with Crippen LogP contribution in [0.25, 0.3) is 0 Å². The van der Waals surface area contributed by atoms with E-state index in [1.165, 1.54) is 5.56 Å². The summed E-state index contributed by atoms with van der Waals surface area (Å²) in [6.45, 7) is 14.7. The van der Waals surface area contributed by atoms with E-state index in [4.69, 9.17) is 10.00 Å². The van der Waals surface area contributed by atoms with Crippen molar-refractivity contribution in [2.24, 2.45) is 0 Å². The van der Waals surface area contributed by atoms with Crippen LogP contribution in [-0.4, -0.2) is 16.6 Å². The molecule has 0 radical (unpaired) electrons. The molecule has 0 saturated carbocycles. The number of nitriles is 1. The van der Waals surface area contributed by atoms with Crippen LogP contribution in [0.15, 0.2) is 36.9 Å². The van der Waals surface area contributed by atoms with E-state index < -0.39 is 0 Å². The summed E-state index contributed by atoms with van der Waals surface area (Å²) in [5.74, 6) is 0.914. The first kappa shape index (κ1) is 23.9. The quantitative estimate of drug-likeness (QED) is 0.761. The van der Waals surface area contributed by atoms with Crippen LogP contribution in [0.2, 0.25) is 0 Å². The molecule has 0 aliphatic heterocycles. The van der Waals surface area contributed by atoms with Gasteiger partial charge in [0.2, 0.25) is 0 Å². The normalized spacial score (nSPS) is 8.08. The van der Waals surface area contributed by atoms with E-state index in [2.05, 4.69) is 16.9 Å². The molecule has 0 spiro atoms. The second-order valence-electron chi connectivity index (χ2n) is 4.07. The van der Waals surface area contributed by atoms with Crippen molar-refractivity contribution in [1.82, 2.24) is 9.97 Å². The van der Waals surface area contributed by atoms with Gasteiger partial charge in [0.25, 0.3) is 0 Å². The SMILES string of the molecule is CC.CC.CCOc1cnccc1CC.Cc1ccncc1C#N. The lowest BCUT2D eigenvalue weighted by molar-refractivity contribution is 0.335. The maximum Gasteiger partial charge on any atom is 0.140 e. The second-order valence-corrected chi connectivity index (χ2v) is 4.07. The highest BCUT2D eigenvalue weighted by molar-refractivity contribution is 5.33. The maximum atomic E-state index is 8.43. The molecule has 4 nitrogen and oxygen atoms in total. The Morgan fingerprint density at radius 2 is 1.58 bits per heavy atom. The summed E-state index contributed by atoms with van der Waals surface area (Å²) in [6.07, 6.45) is 7.80. The van der Waals surface area contributed by atoms with Crippen LogP contribution < -0.4 is 4.74 Å². The minimum absolute atomic E-state index is 0.650. The van der Waals surface area contributed by atoms with Gasteiger partial charge in [-0.05, 0) is 43.5 Å². The van der Waals surface area contributed by atoms with E-state index in [1.807, 2.05) is 59.7 Å². The lowest BCUT2D eigenvalue weighted by Crippen LogP contribution is -1.95. The van der Waals surface area contributed by atoms with E-state index in [0.717, 1.165) is 17.7 Å². The highest BCUT2D eigenvalue weighted by Gasteiger charge is 1.98. The van der Waals surface area contributed by atoms with Gasteiger partial charge in [0.05, 0.1) is 18.4 Å². The van der Waals surface area contributed by atoms with Crippen molar-refractivity contribution in [2.45, 2.75) is 54.9 Å². The van der Waals surface area contributed by atoms with Crippen molar-refractivity contribution in [3.05, 3.63) is 53.6 Å². The summed E-state index contributed by atoms with van der Waals surface area (Å²) in [6, 6.07) is 5.84. The third kappa shape index (κ3) is 9.58. The Labute approximate surface area is 147 Å². The molecule has 24 heavy (non-hydrogen) atoms. The molecule has 132 valence electrons. The van der Waals surface area contributed by atoms with E-state index >= 15 is 0 Å². The smallest absolute Gasteiger partial charge is 0.140 e. The maximum absolute atomic E-state index is 8.43. The fourth-order valence-corrected chi connectivity index (χ4v) is 1.57. The molecule has 0 saturated heterocycles. The molecule has 4 heteroatoms. The Bertz CT molecular complexity index is 577. The average molecular weight is 329 g/mol. The van der Waals surface area contributed by atoms with E-state index in [-0.39, 0.29) is 0 Å². The molecular formula is C20H31N3O. The van der Waals surface area contributed by atoms with Crippen LogP contribution in [0.1, 0.15) is 58.2 Å². The van der Waals surface area contributed by atoms with Gasteiger partial charge in [-0.25, -0.2) is 0 Å². The van der Waals surface area contributed by atoms with Crippen LogP contribution in [0.4, 0.5) is 0 Å². The molecule has 2 aromatic rings. The Balaban J connectivity index is 0. The third-order valence-corrected chi connectivity index (χ3v) is 2.71. The number of hydrogen-bond acceptors (Lipinski definition) is 4. The van der Waals surface area contributed by atoms with Crippen LogP contribution >= 0.6 is 0 Å². The fourth-order valence-electron chi connectivity index (χ4n) is 1.57. The van der Waals surface area contributed by atoms with Gasteiger partial charge in [0, 0.05) is 18.6 Å². The van der Waals surface area contributed by atoms with Crippen LogP contribution in [0, 0.1) is 18.3 Å². The van der Waals surface area contributed by atoms with Gasteiger partial charge in [-0.3, -0.25) is 9.97 Å². The first-order valence-electron chi connectivity index (χ1n) is 8.59. The molecule has 0 N–H and O–H groups in total. The molecule has 0 fully saturated rings. The van der Waals surface area contributed by atoms with Crippen molar-refractivity contribution in [1.29, 1.82) is 5.26 Å². The molecule has 0 aromatic carbocycles. The molecule has 0 aliphatic rings. The molecule has 0 atom stereocenters. The first-order chi connectivity index (χ1) is 11.7. The van der Waals surface area contributed by atoms with Gasteiger partial charge >= 0.3 is 0 Å². The molecule has 0 aliphatic carbocycles. The molecule has 0 bridgehead atoms. The zero-order valence-electron chi connectivity index (χ0n) is 16.1. The van der Waals surface area contributed by atoms with E-state index in [1.54, 1.807) is 24.8 Å². The number of nitrogens with zero attached hydrogens (tertiary/aromatic N) is 3. The number of pyridine rings is 2. The van der Waals surface area contributed by atoms with Crippen molar-refractivity contribution in [3.8, 4) is 11.8 Å². The largest absolute Gasteiger partial charge is 0.492 e. The van der Waals surface area contributed by atoms with Crippen molar-refractivity contribution in [2.75, 3.05) is 6.61 Å². The summed E-state index contributed by atoms with van der Waals surface area (Å²) in [5.41, 5.74) is 2.85. The summed E-state index contributed by atoms with van der Waals surface area (Å²) in [5, 5.41) is 8.43. The van der Waals surface area contributed by atoms with Crippen molar-refractivity contribution in [3.63, 3.8) is 0 Å². The van der Waals surface area contributed by atoms with Gasteiger partial charge in [0.15, 0.2) is 0 Å². The predicted molar refractivity (Wildman–Crippen MR) is 101 cm³/mol. The molecule has 0 amide bonds. The van der Waals surface area contributed by atoms with Gasteiger partial charge in [0.1, 0.15) is 11.8 Å². The average Bonchev–Trinajstić information content (AvgIpc) is 2.67. The third-order valence-electron chi connectivity index (χ3n) is 2.71. The molecular weight excluding hydrogens is 298 g/mol. The van der Waals surface area contributed by atoms with Gasteiger partial charge in [-0.15, -0.1) is 0 Å². The van der Waals surface area contributed by atoms with Gasteiger partial charge in [-0.1, -0.05) is 34.6 Å². The summed E-state index contributed by atoms with van der Waals surface area (Å²) >= 11 is 0. The standard InChI is InChI=1S/C9H13NO.C7H6N2.2C2H6/c1-3-8-5-6-10-7-9(8)11-4-2;1-6-2-3-9-5-7(6)4-8;2*1-2/h5-7H,3-4H2,1-2H3;2-3,5H,1H3;2*1-2H3. The molecule has 2 aromatic heterocycles. The number of aromatic nitrogens is 2. The van der Waals surface area contributed by atoms with Gasteiger partial charge < -0.3 is 4.74 Å². The number of ether oxygens (including phenoxy) is 1. The lowest BCUT2D eigenvalue weighted by atomic mass is 10.2.